The lowest BCUT2D eigenvalue weighted by molar-refractivity contribution is -0.159. The summed E-state index contributed by atoms with van der Waals surface area (Å²) in [5.74, 6) is 3.29. The average Bonchev–Trinajstić information content (AvgIpc) is 3.34. The van der Waals surface area contributed by atoms with E-state index in [2.05, 4.69) is 63.4 Å². The molecule has 6 rings (SSSR count). The Kier molecular flexibility index (Phi) is 18.2. The quantitative estimate of drug-likeness (QED) is 0.0348. The minimum absolute atomic E-state index is 0.0677. The summed E-state index contributed by atoms with van der Waals surface area (Å²) in [5.41, 5.74) is 3.80. The monoisotopic (exact) mass is 946 g/mol. The van der Waals surface area contributed by atoms with Crippen LogP contribution in [0.5, 0.6) is 23.0 Å². The molecule has 1 unspecified atom stereocenters. The van der Waals surface area contributed by atoms with Crippen molar-refractivity contribution in [1.29, 1.82) is 0 Å². The van der Waals surface area contributed by atoms with E-state index in [1.54, 1.807) is 44.3 Å². The molecule has 0 aromatic heterocycles. The second kappa shape index (κ2) is 23.8. The van der Waals surface area contributed by atoms with Gasteiger partial charge in [0.15, 0.2) is 11.4 Å². The van der Waals surface area contributed by atoms with Crippen LogP contribution >= 0.6 is 23.5 Å². The number of ether oxygens (including phenoxy) is 6. The van der Waals surface area contributed by atoms with E-state index in [1.807, 2.05) is 68.0 Å². The number of rotatable bonds is 21. The summed E-state index contributed by atoms with van der Waals surface area (Å²) in [7, 11) is 0. The molecule has 4 aromatic carbocycles. The third-order valence-corrected chi connectivity index (χ3v) is 14.5. The van der Waals surface area contributed by atoms with Crippen LogP contribution in [0.25, 0.3) is 0 Å². The molecule has 10 heteroatoms. The van der Waals surface area contributed by atoms with Gasteiger partial charge in [0.05, 0.1) is 0 Å². The molecule has 0 saturated heterocycles. The van der Waals surface area contributed by atoms with E-state index in [4.69, 9.17) is 28.4 Å². The van der Waals surface area contributed by atoms with Crippen LogP contribution in [0.2, 0.25) is 0 Å². The largest absolute Gasteiger partial charge is 0.489 e. The van der Waals surface area contributed by atoms with Gasteiger partial charge in [0.1, 0.15) is 48.6 Å². The van der Waals surface area contributed by atoms with Crippen LogP contribution in [0.3, 0.4) is 0 Å². The SMILES string of the molecule is C=C(C)C(=O)OC(C)=C(COc1ccc(SC)cc1)Oc1ccc(C(C)(C)c2ccc(OCC(C)(COc3ccc(SC)cc3)OC(=O)C(=C)C)c(C3CCCCC3)c2)cc1C1CCCCC1. The number of carbonyl (C=O) groups excluding carboxylic acids is 2. The van der Waals surface area contributed by atoms with Crippen LogP contribution in [0.4, 0.5) is 0 Å². The zero-order valence-corrected chi connectivity index (χ0v) is 42.6. The summed E-state index contributed by atoms with van der Waals surface area (Å²) in [4.78, 5) is 28.0. The molecular formula is C57H70O8S2. The Morgan fingerprint density at radius 1 is 0.597 bits per heavy atom. The molecular weight excluding hydrogens is 877 g/mol. The molecule has 0 spiro atoms. The Bertz CT molecular complexity index is 2370. The summed E-state index contributed by atoms with van der Waals surface area (Å²) in [6.07, 6.45) is 15.4. The summed E-state index contributed by atoms with van der Waals surface area (Å²) < 4.78 is 37.8. The maximum atomic E-state index is 13.0. The van der Waals surface area contributed by atoms with Crippen LogP contribution in [0.1, 0.15) is 140 Å². The van der Waals surface area contributed by atoms with Crippen molar-refractivity contribution < 1.29 is 38.0 Å². The third kappa shape index (κ3) is 14.0. The predicted molar refractivity (Wildman–Crippen MR) is 273 cm³/mol. The van der Waals surface area contributed by atoms with Gasteiger partial charge in [-0.2, -0.15) is 0 Å². The maximum absolute atomic E-state index is 13.0. The smallest absolute Gasteiger partial charge is 0.338 e. The number of allylic oxidation sites excluding steroid dienone is 1. The summed E-state index contributed by atoms with van der Waals surface area (Å²) in [6, 6.07) is 29.0. The molecule has 0 N–H and O–H groups in total. The fourth-order valence-corrected chi connectivity index (χ4v) is 9.54. The first-order valence-corrected chi connectivity index (χ1v) is 26.1. The summed E-state index contributed by atoms with van der Waals surface area (Å²) in [5, 5.41) is 0. The van der Waals surface area contributed by atoms with Gasteiger partial charge in [0, 0.05) is 26.4 Å². The maximum Gasteiger partial charge on any atom is 0.338 e. The van der Waals surface area contributed by atoms with E-state index in [9.17, 15) is 9.59 Å². The van der Waals surface area contributed by atoms with Gasteiger partial charge in [-0.1, -0.05) is 89.8 Å². The molecule has 2 fully saturated rings. The molecule has 0 amide bonds. The third-order valence-electron chi connectivity index (χ3n) is 13.0. The van der Waals surface area contributed by atoms with Gasteiger partial charge in [-0.05, 0) is 161 Å². The number of esters is 2. The van der Waals surface area contributed by atoms with Gasteiger partial charge >= 0.3 is 11.9 Å². The number of carbonyl (C=O) groups is 2. The van der Waals surface area contributed by atoms with E-state index in [0.717, 1.165) is 65.4 Å². The molecule has 358 valence electrons. The highest BCUT2D eigenvalue weighted by molar-refractivity contribution is 7.98. The Labute approximate surface area is 408 Å². The second-order valence-electron chi connectivity index (χ2n) is 18.9. The first-order valence-electron chi connectivity index (χ1n) is 23.7. The molecule has 67 heavy (non-hydrogen) atoms. The number of benzene rings is 4. The average molecular weight is 947 g/mol. The molecule has 0 heterocycles. The molecule has 8 nitrogen and oxygen atoms in total. The van der Waals surface area contributed by atoms with Crippen molar-refractivity contribution in [2.45, 2.75) is 138 Å². The van der Waals surface area contributed by atoms with Crippen LogP contribution in [-0.2, 0) is 24.5 Å². The molecule has 0 radical (unpaired) electrons. The normalized spacial score (nSPS) is 15.9. The highest BCUT2D eigenvalue weighted by Gasteiger charge is 2.34. The van der Waals surface area contributed by atoms with Crippen molar-refractivity contribution in [2.75, 3.05) is 32.3 Å². The predicted octanol–water partition coefficient (Wildman–Crippen LogP) is 14.7. The molecule has 2 aliphatic rings. The number of hydrogen-bond acceptors (Lipinski definition) is 10. The van der Waals surface area contributed by atoms with E-state index >= 15 is 0 Å². The minimum atomic E-state index is -1.10. The van der Waals surface area contributed by atoms with Crippen LogP contribution < -0.4 is 18.9 Å². The van der Waals surface area contributed by atoms with Crippen LogP contribution in [0.15, 0.2) is 131 Å². The Hall–Kier alpha value is -5.06. The first kappa shape index (κ1) is 51.3. The van der Waals surface area contributed by atoms with Gasteiger partial charge in [0.25, 0.3) is 0 Å². The second-order valence-corrected chi connectivity index (χ2v) is 20.6. The molecule has 0 bridgehead atoms. The summed E-state index contributed by atoms with van der Waals surface area (Å²) in [6.45, 7) is 19.3. The van der Waals surface area contributed by atoms with Gasteiger partial charge in [-0.15, -0.1) is 23.5 Å². The van der Waals surface area contributed by atoms with Crippen molar-refractivity contribution in [3.63, 3.8) is 0 Å². The highest BCUT2D eigenvalue weighted by atomic mass is 32.2. The zero-order valence-electron chi connectivity index (χ0n) is 40.9. The standard InChI is InChI=1S/C57H70O8S2/c1-38(2)54(58)63-40(5)53(35-60-45-23-27-47(66-9)28-24-45)64-52-32-22-44(34-50(52)42-19-15-12-16-20-42)56(6,7)43-21-31-51(49(33-43)41-17-13-11-14-18-41)62-37-57(8,65-55(59)39(3)4)36-61-46-25-29-48(67-10)30-26-46/h21-34,41-42H,1,3,11-20,35-37H2,2,4-10H3. The van der Waals surface area contributed by atoms with Crippen molar-refractivity contribution >= 4 is 35.5 Å². The Balaban J connectivity index is 1.32. The van der Waals surface area contributed by atoms with Crippen molar-refractivity contribution in [2.24, 2.45) is 0 Å². The Morgan fingerprint density at radius 3 is 1.55 bits per heavy atom. The van der Waals surface area contributed by atoms with Crippen molar-refractivity contribution in [1.82, 2.24) is 0 Å². The molecule has 2 aliphatic carbocycles. The van der Waals surface area contributed by atoms with E-state index in [-0.39, 0.29) is 19.8 Å². The minimum Gasteiger partial charge on any atom is -0.489 e. The highest BCUT2D eigenvalue weighted by Crippen LogP contribution is 2.45. The zero-order chi connectivity index (χ0) is 48.1. The van der Waals surface area contributed by atoms with Crippen LogP contribution in [0, 0.1) is 0 Å². The van der Waals surface area contributed by atoms with E-state index < -0.39 is 23.0 Å². The Morgan fingerprint density at radius 2 is 1.06 bits per heavy atom. The molecule has 0 aliphatic heterocycles. The fourth-order valence-electron chi connectivity index (χ4n) is 8.72. The van der Waals surface area contributed by atoms with Crippen molar-refractivity contribution in [3.05, 3.63) is 143 Å². The van der Waals surface area contributed by atoms with Gasteiger partial charge in [-0.3, -0.25) is 0 Å². The van der Waals surface area contributed by atoms with Crippen LogP contribution in [-0.4, -0.2) is 49.9 Å². The lowest BCUT2D eigenvalue weighted by atomic mass is 9.74. The lowest BCUT2D eigenvalue weighted by Gasteiger charge is -2.33. The van der Waals surface area contributed by atoms with Gasteiger partial charge in [-0.25, -0.2) is 9.59 Å². The van der Waals surface area contributed by atoms with Gasteiger partial charge in [0.2, 0.25) is 0 Å². The topological polar surface area (TPSA) is 89.5 Å². The molecule has 4 aromatic rings. The lowest BCUT2D eigenvalue weighted by Crippen LogP contribution is -2.44. The fraction of sp³-hybridized carbons (Fsp3) is 0.439. The number of thioether (sulfide) groups is 2. The van der Waals surface area contributed by atoms with E-state index in [0.29, 0.717) is 46.0 Å². The van der Waals surface area contributed by atoms with Crippen molar-refractivity contribution in [3.8, 4) is 23.0 Å². The summed E-state index contributed by atoms with van der Waals surface area (Å²) >= 11 is 3.33. The van der Waals surface area contributed by atoms with Gasteiger partial charge < -0.3 is 28.4 Å². The number of hydrogen-bond donors (Lipinski definition) is 0. The first-order chi connectivity index (χ1) is 32.1. The van der Waals surface area contributed by atoms with E-state index in [1.165, 1.54) is 42.4 Å². The molecule has 2 saturated carbocycles. The molecule has 1 atom stereocenters.